The van der Waals surface area contributed by atoms with Crippen molar-refractivity contribution in [3.63, 3.8) is 0 Å². The fourth-order valence-electron chi connectivity index (χ4n) is 0.0572. The first-order valence-electron chi connectivity index (χ1n) is 2.02. The van der Waals surface area contributed by atoms with Crippen LogP contribution in [-0.4, -0.2) is 28.5 Å². The summed E-state index contributed by atoms with van der Waals surface area (Å²) in [4.78, 5) is 9.76. The maximum Gasteiger partial charge on any atom is 0.338 e. The quantitative estimate of drug-likeness (QED) is 0.532. The maximum absolute atomic E-state index is 11.4. The van der Waals surface area contributed by atoms with Crippen LogP contribution in [0.15, 0.2) is 0 Å². The molecule has 0 saturated heterocycles. The lowest BCUT2D eigenvalue weighted by molar-refractivity contribution is -0.157. The summed E-state index contributed by atoms with van der Waals surface area (Å²) in [5.41, 5.74) is -2.21. The van der Waals surface area contributed by atoms with Gasteiger partial charge in [0.05, 0.1) is 0 Å². The highest BCUT2D eigenvalue weighted by molar-refractivity contribution is 5.76. The molecule has 3 nitrogen and oxygen atoms in total. The number of carbonyl (C=O) groups is 1. The molecule has 0 amide bonds. The van der Waals surface area contributed by atoms with Crippen LogP contribution < -0.4 is 0 Å². The van der Waals surface area contributed by atoms with E-state index in [1.807, 2.05) is 0 Å². The molecule has 48 valence electrons. The van der Waals surface area contributed by atoms with Crippen molar-refractivity contribution in [1.82, 2.24) is 0 Å². The number of rotatable bonds is 2. The zero-order chi connectivity index (χ0) is 6.78. The third-order valence-corrected chi connectivity index (χ3v) is 0.721. The van der Waals surface area contributed by atoms with Gasteiger partial charge in [0, 0.05) is 0 Å². The summed E-state index contributed by atoms with van der Waals surface area (Å²) in [6, 6.07) is 0. The van der Waals surface area contributed by atoms with E-state index in [1.54, 1.807) is 0 Å². The van der Waals surface area contributed by atoms with E-state index in [1.165, 1.54) is 0 Å². The maximum atomic E-state index is 11.4. The van der Waals surface area contributed by atoms with Crippen molar-refractivity contribution in [3.8, 4) is 0 Å². The molecule has 0 radical (unpaired) electrons. The van der Waals surface area contributed by atoms with E-state index in [-0.39, 0.29) is 0 Å². The summed E-state index contributed by atoms with van der Waals surface area (Å²) in [5.74, 6) is -1.54. The van der Waals surface area contributed by atoms with E-state index in [0.29, 0.717) is 0 Å². The second kappa shape index (κ2) is 2.09. The molecule has 4 heteroatoms. The molecule has 8 heavy (non-hydrogen) atoms. The Kier molecular flexibility index (Phi) is 1.92. The molecule has 0 bridgehead atoms. The minimum atomic E-state index is -2.21. The Morgan fingerprint density at radius 1 is 1.88 bits per heavy atom. The average molecular weight is 122 g/mol. The van der Waals surface area contributed by atoms with Gasteiger partial charge in [0.1, 0.15) is 6.67 Å². The highest BCUT2D eigenvalue weighted by Gasteiger charge is 2.29. The Hall–Kier alpha value is -0.640. The molecule has 0 aromatic carbocycles. The molecule has 0 fully saturated rings. The highest BCUT2D eigenvalue weighted by Crippen LogP contribution is 2.01. The summed E-state index contributed by atoms with van der Waals surface area (Å²) in [6.45, 7) is -0.363. The second-order valence-corrected chi connectivity index (χ2v) is 1.71. The molecule has 0 aliphatic rings. The van der Waals surface area contributed by atoms with Crippen LogP contribution in [0.2, 0.25) is 0 Å². The van der Waals surface area contributed by atoms with Gasteiger partial charge in [-0.1, -0.05) is 0 Å². The van der Waals surface area contributed by atoms with E-state index >= 15 is 0 Å². The third-order valence-electron chi connectivity index (χ3n) is 0.721. The fraction of sp³-hybridized carbons (Fsp3) is 0.750. The molecule has 0 unspecified atom stereocenters. The van der Waals surface area contributed by atoms with Crippen LogP contribution in [0.4, 0.5) is 4.39 Å². The average Bonchev–Trinajstić information content (AvgIpc) is 1.67. The molecule has 0 spiro atoms. The number of aliphatic hydroxyl groups is 1. The summed E-state index contributed by atoms with van der Waals surface area (Å²) in [5, 5.41) is 16.4. The molecule has 0 saturated carbocycles. The van der Waals surface area contributed by atoms with E-state index in [0.717, 1.165) is 6.92 Å². The Bertz CT molecular complexity index is 99.5. The second-order valence-electron chi connectivity index (χ2n) is 1.71. The lowest BCUT2D eigenvalue weighted by Crippen LogP contribution is -2.36. The Morgan fingerprint density at radius 2 is 2.25 bits per heavy atom. The SMILES string of the molecule is C[C@@](O)(CF)C(=O)O. The Balaban J connectivity index is 3.91. The zero-order valence-corrected chi connectivity index (χ0v) is 4.39. The predicted octanol–water partition coefficient (Wildman–Crippen LogP) is -0.208. The first-order valence-corrected chi connectivity index (χ1v) is 2.02. The molecule has 0 aromatic rings. The largest absolute Gasteiger partial charge is 0.479 e. The molecule has 0 aliphatic heterocycles. The van der Waals surface area contributed by atoms with Crippen molar-refractivity contribution in [2.45, 2.75) is 12.5 Å². The number of hydrogen-bond donors (Lipinski definition) is 2. The standard InChI is InChI=1S/C4H7FO3/c1-4(8,2-5)3(6)7/h8H,2H2,1H3,(H,6,7)/t4-/m1/s1. The van der Waals surface area contributed by atoms with Gasteiger partial charge in [0.25, 0.3) is 0 Å². The smallest absolute Gasteiger partial charge is 0.338 e. The highest BCUT2D eigenvalue weighted by atomic mass is 19.1. The number of carboxylic acids is 1. The molecular formula is C4H7FO3. The third kappa shape index (κ3) is 1.46. The van der Waals surface area contributed by atoms with Gasteiger partial charge in [-0.15, -0.1) is 0 Å². The summed E-state index contributed by atoms with van der Waals surface area (Å²) in [7, 11) is 0. The molecule has 0 rings (SSSR count). The normalized spacial score (nSPS) is 17.4. The van der Waals surface area contributed by atoms with Crippen LogP contribution in [0.25, 0.3) is 0 Å². The van der Waals surface area contributed by atoms with Crippen molar-refractivity contribution in [3.05, 3.63) is 0 Å². The van der Waals surface area contributed by atoms with Gasteiger partial charge in [-0.2, -0.15) is 0 Å². The zero-order valence-electron chi connectivity index (χ0n) is 4.39. The topological polar surface area (TPSA) is 57.5 Å². The number of alkyl halides is 1. The molecule has 0 heterocycles. The van der Waals surface area contributed by atoms with Crippen LogP contribution in [0, 0.1) is 0 Å². The minimum absolute atomic E-state index is 0.898. The first kappa shape index (κ1) is 7.36. The molecule has 0 aromatic heterocycles. The number of halogens is 1. The summed E-state index contributed by atoms with van der Waals surface area (Å²) < 4.78 is 11.4. The van der Waals surface area contributed by atoms with Gasteiger partial charge in [0.15, 0.2) is 5.60 Å². The molecular weight excluding hydrogens is 115 g/mol. The van der Waals surface area contributed by atoms with Gasteiger partial charge in [-0.25, -0.2) is 9.18 Å². The van der Waals surface area contributed by atoms with E-state index in [2.05, 4.69) is 0 Å². The molecule has 0 aliphatic carbocycles. The number of aliphatic carboxylic acids is 1. The number of carboxylic acid groups (broad SMARTS) is 1. The lowest BCUT2D eigenvalue weighted by Gasteiger charge is -2.10. The lowest BCUT2D eigenvalue weighted by atomic mass is 10.1. The van der Waals surface area contributed by atoms with Crippen LogP contribution in [0.1, 0.15) is 6.92 Å². The van der Waals surface area contributed by atoms with Gasteiger partial charge in [0.2, 0.25) is 0 Å². The predicted molar refractivity (Wildman–Crippen MR) is 24.2 cm³/mol. The monoisotopic (exact) mass is 122 g/mol. The van der Waals surface area contributed by atoms with Crippen LogP contribution in [0.5, 0.6) is 0 Å². The first-order chi connectivity index (χ1) is 3.50. The van der Waals surface area contributed by atoms with E-state index in [9.17, 15) is 9.18 Å². The summed E-state index contributed by atoms with van der Waals surface area (Å²) in [6.07, 6.45) is 0. The fourth-order valence-corrected chi connectivity index (χ4v) is 0.0572. The van der Waals surface area contributed by atoms with Crippen LogP contribution in [-0.2, 0) is 4.79 Å². The molecule has 1 atom stereocenters. The van der Waals surface area contributed by atoms with Crippen molar-refractivity contribution in [2.24, 2.45) is 0 Å². The van der Waals surface area contributed by atoms with Crippen LogP contribution >= 0.6 is 0 Å². The van der Waals surface area contributed by atoms with E-state index < -0.39 is 18.2 Å². The van der Waals surface area contributed by atoms with E-state index in [4.69, 9.17) is 10.2 Å². The number of hydrogen-bond acceptors (Lipinski definition) is 2. The van der Waals surface area contributed by atoms with Gasteiger partial charge in [-0.3, -0.25) is 0 Å². The Labute approximate surface area is 45.7 Å². The summed E-state index contributed by atoms with van der Waals surface area (Å²) >= 11 is 0. The van der Waals surface area contributed by atoms with Crippen molar-refractivity contribution < 1.29 is 19.4 Å². The minimum Gasteiger partial charge on any atom is -0.479 e. The van der Waals surface area contributed by atoms with Gasteiger partial charge < -0.3 is 10.2 Å². The molecule has 2 N–H and O–H groups in total. The van der Waals surface area contributed by atoms with Crippen LogP contribution in [0.3, 0.4) is 0 Å². The van der Waals surface area contributed by atoms with Gasteiger partial charge >= 0.3 is 5.97 Å². The van der Waals surface area contributed by atoms with Crippen molar-refractivity contribution in [1.29, 1.82) is 0 Å². The van der Waals surface area contributed by atoms with Crippen molar-refractivity contribution in [2.75, 3.05) is 6.67 Å². The van der Waals surface area contributed by atoms with Gasteiger partial charge in [-0.05, 0) is 6.92 Å². The Morgan fingerprint density at radius 3 is 2.25 bits per heavy atom. The van der Waals surface area contributed by atoms with Crippen molar-refractivity contribution >= 4 is 5.97 Å².